The van der Waals surface area contributed by atoms with E-state index in [9.17, 15) is 13.5 Å². The average Bonchev–Trinajstić information content (AvgIpc) is 2.72. The van der Waals surface area contributed by atoms with Gasteiger partial charge in [0.1, 0.15) is 0 Å². The van der Waals surface area contributed by atoms with Gasteiger partial charge in [0.15, 0.2) is 5.03 Å². The highest BCUT2D eigenvalue weighted by Gasteiger charge is 2.38. The standard InChI is InChI=1S/C8H13N3O3S/c1-8(12)3-5-11(6-8)15(13,14)7-2-4-9-10-7/h2,4,12H,3,5-6H2,1H3,(H,9,10). The Morgan fingerprint density at radius 3 is 2.87 bits per heavy atom. The van der Waals surface area contributed by atoms with Gasteiger partial charge >= 0.3 is 0 Å². The maximum absolute atomic E-state index is 11.9. The van der Waals surface area contributed by atoms with E-state index in [1.54, 1.807) is 6.92 Å². The molecular formula is C8H13N3O3S. The van der Waals surface area contributed by atoms with Gasteiger partial charge in [0.05, 0.1) is 11.8 Å². The third-order valence-electron chi connectivity index (χ3n) is 2.51. The van der Waals surface area contributed by atoms with Gasteiger partial charge in [-0.3, -0.25) is 5.10 Å². The molecule has 0 aliphatic carbocycles. The second-order valence-corrected chi connectivity index (χ2v) is 5.91. The molecule has 1 unspecified atom stereocenters. The Morgan fingerprint density at radius 1 is 1.67 bits per heavy atom. The molecule has 2 heterocycles. The monoisotopic (exact) mass is 231 g/mol. The maximum atomic E-state index is 11.9. The van der Waals surface area contributed by atoms with Crippen LogP contribution in [-0.4, -0.2) is 46.7 Å². The minimum Gasteiger partial charge on any atom is -0.389 e. The van der Waals surface area contributed by atoms with Gasteiger partial charge in [0, 0.05) is 13.1 Å². The molecule has 0 spiro atoms. The predicted octanol–water partition coefficient (Wildman–Crippen LogP) is -0.445. The summed E-state index contributed by atoms with van der Waals surface area (Å²) in [6.07, 6.45) is 1.85. The summed E-state index contributed by atoms with van der Waals surface area (Å²) >= 11 is 0. The summed E-state index contributed by atoms with van der Waals surface area (Å²) in [4.78, 5) is 0. The zero-order valence-corrected chi connectivity index (χ0v) is 9.16. The molecule has 1 atom stereocenters. The summed E-state index contributed by atoms with van der Waals surface area (Å²) in [6, 6.07) is 1.41. The lowest BCUT2D eigenvalue weighted by atomic mass is 10.1. The van der Waals surface area contributed by atoms with E-state index in [2.05, 4.69) is 10.2 Å². The summed E-state index contributed by atoms with van der Waals surface area (Å²) in [5.41, 5.74) is -0.924. The van der Waals surface area contributed by atoms with E-state index >= 15 is 0 Å². The third-order valence-corrected chi connectivity index (χ3v) is 4.28. The SMILES string of the molecule is CC1(O)CCN(S(=O)(=O)c2ccn[nH]2)C1. The van der Waals surface area contributed by atoms with Crippen LogP contribution in [0.3, 0.4) is 0 Å². The molecule has 0 aromatic carbocycles. The van der Waals surface area contributed by atoms with E-state index in [-0.39, 0.29) is 11.6 Å². The average molecular weight is 231 g/mol. The molecule has 6 nitrogen and oxygen atoms in total. The van der Waals surface area contributed by atoms with Crippen molar-refractivity contribution in [3.8, 4) is 0 Å². The van der Waals surface area contributed by atoms with Gasteiger partial charge in [-0.05, 0) is 19.4 Å². The number of aliphatic hydroxyl groups is 1. The highest BCUT2D eigenvalue weighted by Crippen LogP contribution is 2.25. The van der Waals surface area contributed by atoms with Gasteiger partial charge < -0.3 is 5.11 Å². The molecule has 1 aromatic heterocycles. The Balaban J connectivity index is 2.26. The van der Waals surface area contributed by atoms with Crippen molar-refractivity contribution in [2.45, 2.75) is 24.0 Å². The number of hydrogen-bond donors (Lipinski definition) is 2. The van der Waals surface area contributed by atoms with Gasteiger partial charge in [-0.15, -0.1) is 0 Å². The first-order chi connectivity index (χ1) is 6.92. The first-order valence-electron chi connectivity index (χ1n) is 4.64. The second-order valence-electron chi connectivity index (χ2n) is 4.01. The normalized spacial score (nSPS) is 28.4. The Labute approximate surface area is 88.0 Å². The highest BCUT2D eigenvalue weighted by atomic mass is 32.2. The van der Waals surface area contributed by atoms with Crippen molar-refractivity contribution in [3.05, 3.63) is 12.3 Å². The van der Waals surface area contributed by atoms with Crippen LogP contribution in [0.15, 0.2) is 17.3 Å². The van der Waals surface area contributed by atoms with Crippen LogP contribution in [0.5, 0.6) is 0 Å². The Morgan fingerprint density at radius 2 is 2.40 bits per heavy atom. The topological polar surface area (TPSA) is 86.3 Å². The number of nitrogens with zero attached hydrogens (tertiary/aromatic N) is 2. The number of sulfonamides is 1. The largest absolute Gasteiger partial charge is 0.389 e. The zero-order valence-electron chi connectivity index (χ0n) is 8.34. The molecule has 2 N–H and O–H groups in total. The Bertz CT molecular complexity index is 438. The number of hydrogen-bond acceptors (Lipinski definition) is 4. The summed E-state index contributed by atoms with van der Waals surface area (Å²) in [5.74, 6) is 0. The van der Waals surface area contributed by atoms with Crippen molar-refractivity contribution in [1.29, 1.82) is 0 Å². The van der Waals surface area contributed by atoms with Gasteiger partial charge in [-0.25, -0.2) is 8.42 Å². The minimum absolute atomic E-state index is 0.0696. The fourth-order valence-electron chi connectivity index (χ4n) is 1.63. The van der Waals surface area contributed by atoms with Crippen LogP contribution < -0.4 is 0 Å². The molecule has 0 saturated carbocycles. The van der Waals surface area contributed by atoms with Gasteiger partial charge in [0.2, 0.25) is 0 Å². The zero-order chi connectivity index (χ0) is 11.1. The number of rotatable bonds is 2. The van der Waals surface area contributed by atoms with Crippen LogP contribution in [0.1, 0.15) is 13.3 Å². The Hall–Kier alpha value is -0.920. The van der Waals surface area contributed by atoms with E-state index in [0.717, 1.165) is 0 Å². The molecule has 15 heavy (non-hydrogen) atoms. The van der Waals surface area contributed by atoms with Crippen LogP contribution in [0.4, 0.5) is 0 Å². The van der Waals surface area contributed by atoms with Gasteiger partial charge in [-0.2, -0.15) is 9.40 Å². The minimum atomic E-state index is -3.51. The molecule has 0 radical (unpaired) electrons. The van der Waals surface area contributed by atoms with Crippen LogP contribution in [0.2, 0.25) is 0 Å². The lowest BCUT2D eigenvalue weighted by Crippen LogP contribution is -2.34. The van der Waals surface area contributed by atoms with E-state index in [1.807, 2.05) is 0 Å². The number of β-amino-alcohol motifs (C(OH)–C–C–N with tert-alkyl or cyclic N) is 1. The summed E-state index contributed by atoms with van der Waals surface area (Å²) < 4.78 is 25.1. The summed E-state index contributed by atoms with van der Waals surface area (Å²) in [5, 5.41) is 15.8. The fourth-order valence-corrected chi connectivity index (χ4v) is 3.09. The van der Waals surface area contributed by atoms with Crippen LogP contribution in [-0.2, 0) is 10.0 Å². The molecular weight excluding hydrogens is 218 g/mol. The molecule has 1 saturated heterocycles. The van der Waals surface area contributed by atoms with Crippen LogP contribution in [0.25, 0.3) is 0 Å². The van der Waals surface area contributed by atoms with Gasteiger partial charge in [-0.1, -0.05) is 0 Å². The molecule has 0 bridgehead atoms. The molecule has 0 amide bonds. The van der Waals surface area contributed by atoms with Crippen molar-refractivity contribution in [3.63, 3.8) is 0 Å². The molecule has 1 fully saturated rings. The third kappa shape index (κ3) is 1.90. The molecule has 7 heteroatoms. The van der Waals surface area contributed by atoms with E-state index in [0.29, 0.717) is 13.0 Å². The predicted molar refractivity (Wildman–Crippen MR) is 52.6 cm³/mol. The first kappa shape index (κ1) is 10.6. The van der Waals surface area contributed by atoms with Crippen LogP contribution >= 0.6 is 0 Å². The lowest BCUT2D eigenvalue weighted by Gasteiger charge is -2.17. The van der Waals surface area contributed by atoms with Crippen molar-refractivity contribution in [2.24, 2.45) is 0 Å². The molecule has 1 aromatic rings. The fraction of sp³-hybridized carbons (Fsp3) is 0.625. The Kier molecular flexibility index (Phi) is 2.32. The molecule has 1 aliphatic rings. The van der Waals surface area contributed by atoms with E-state index < -0.39 is 15.6 Å². The quantitative estimate of drug-likeness (QED) is 0.722. The molecule has 84 valence electrons. The highest BCUT2D eigenvalue weighted by molar-refractivity contribution is 7.89. The summed E-state index contributed by atoms with van der Waals surface area (Å²) in [6.45, 7) is 2.11. The number of nitrogens with one attached hydrogen (secondary N) is 1. The second kappa shape index (κ2) is 3.29. The van der Waals surface area contributed by atoms with Crippen LogP contribution in [0, 0.1) is 0 Å². The van der Waals surface area contributed by atoms with E-state index in [4.69, 9.17) is 0 Å². The maximum Gasteiger partial charge on any atom is 0.260 e. The van der Waals surface area contributed by atoms with Crippen molar-refractivity contribution >= 4 is 10.0 Å². The molecule has 1 aliphatic heterocycles. The summed E-state index contributed by atoms with van der Waals surface area (Å²) in [7, 11) is -3.51. The van der Waals surface area contributed by atoms with Gasteiger partial charge in [0.25, 0.3) is 10.0 Å². The van der Waals surface area contributed by atoms with Crippen molar-refractivity contribution in [2.75, 3.05) is 13.1 Å². The number of aromatic nitrogens is 2. The van der Waals surface area contributed by atoms with E-state index in [1.165, 1.54) is 16.6 Å². The number of aromatic amines is 1. The first-order valence-corrected chi connectivity index (χ1v) is 6.08. The van der Waals surface area contributed by atoms with Crippen molar-refractivity contribution in [1.82, 2.24) is 14.5 Å². The number of H-pyrrole nitrogens is 1. The lowest BCUT2D eigenvalue weighted by molar-refractivity contribution is 0.0762. The van der Waals surface area contributed by atoms with Crippen molar-refractivity contribution < 1.29 is 13.5 Å². The molecule has 2 rings (SSSR count). The smallest absolute Gasteiger partial charge is 0.260 e.